The van der Waals surface area contributed by atoms with Crippen LogP contribution in [0, 0.1) is 11.6 Å². The summed E-state index contributed by atoms with van der Waals surface area (Å²) >= 11 is 6.64. The minimum absolute atomic E-state index is 0.0370. The van der Waals surface area contributed by atoms with Crippen LogP contribution in [0.4, 0.5) is 13.6 Å². The molecular formula is C36H39ClF2N2O7. The fraction of sp³-hybridized carbons (Fsp3) is 0.472. The Morgan fingerprint density at radius 1 is 1.12 bits per heavy atom. The van der Waals surface area contributed by atoms with Gasteiger partial charge in [-0.25, -0.2) is 18.6 Å². The number of aldehydes is 1. The zero-order chi connectivity index (χ0) is 34.1. The van der Waals surface area contributed by atoms with E-state index < -0.39 is 40.9 Å². The molecule has 2 saturated heterocycles. The van der Waals surface area contributed by atoms with Gasteiger partial charge in [0.2, 0.25) is 0 Å². The van der Waals surface area contributed by atoms with Crippen LogP contribution in [0.2, 0.25) is 5.02 Å². The molecule has 0 saturated carbocycles. The summed E-state index contributed by atoms with van der Waals surface area (Å²) < 4.78 is 61.4. The first-order chi connectivity index (χ1) is 23.0. The van der Waals surface area contributed by atoms with E-state index in [1.54, 1.807) is 25.7 Å². The fourth-order valence-corrected chi connectivity index (χ4v) is 7.06. The average Bonchev–Trinajstić information content (AvgIpc) is 3.71. The van der Waals surface area contributed by atoms with Crippen LogP contribution in [0.5, 0.6) is 11.6 Å². The van der Waals surface area contributed by atoms with E-state index in [0.29, 0.717) is 37.8 Å². The first-order valence-corrected chi connectivity index (χ1v) is 16.7. The van der Waals surface area contributed by atoms with E-state index in [-0.39, 0.29) is 53.4 Å². The summed E-state index contributed by atoms with van der Waals surface area (Å²) in [6.07, 6.45) is 4.85. The molecule has 3 atom stereocenters. The molecule has 2 fully saturated rings. The first-order valence-electron chi connectivity index (χ1n) is 16.3. The van der Waals surface area contributed by atoms with Crippen LogP contribution in [-0.4, -0.2) is 66.6 Å². The molecule has 3 aliphatic heterocycles. The zero-order valence-corrected chi connectivity index (χ0v) is 28.0. The van der Waals surface area contributed by atoms with Gasteiger partial charge in [0.05, 0.1) is 17.7 Å². The molecule has 3 aromatic rings. The molecule has 1 unspecified atom stereocenters. The molecule has 0 bridgehead atoms. The molecule has 2 aromatic carbocycles. The number of halogens is 3. The van der Waals surface area contributed by atoms with Gasteiger partial charge in [-0.2, -0.15) is 0 Å². The Balaban J connectivity index is 1.39. The molecule has 12 heteroatoms. The number of hydrogen-bond acceptors (Lipinski definition) is 8. The number of fused-ring (bicyclic) bond motifs is 1. The van der Waals surface area contributed by atoms with E-state index in [4.69, 9.17) is 35.3 Å². The first kappa shape index (κ1) is 34.1. The normalized spacial score (nSPS) is 22.2. The van der Waals surface area contributed by atoms with Gasteiger partial charge in [0.1, 0.15) is 23.8 Å². The summed E-state index contributed by atoms with van der Waals surface area (Å²) in [5, 5.41) is -0.381. The number of hydrogen-bond donors (Lipinski definition) is 0. The molecule has 256 valence electrons. The van der Waals surface area contributed by atoms with E-state index in [2.05, 4.69) is 4.98 Å². The molecule has 48 heavy (non-hydrogen) atoms. The van der Waals surface area contributed by atoms with Crippen LogP contribution in [0.1, 0.15) is 74.4 Å². The lowest BCUT2D eigenvalue weighted by Gasteiger charge is -2.40. The van der Waals surface area contributed by atoms with Crippen molar-refractivity contribution >= 4 is 24.0 Å². The Hall–Kier alpha value is -3.80. The summed E-state index contributed by atoms with van der Waals surface area (Å²) in [4.78, 5) is 31.4. The summed E-state index contributed by atoms with van der Waals surface area (Å²) in [7, 11) is 0. The van der Waals surface area contributed by atoms with Gasteiger partial charge in [0, 0.05) is 54.1 Å². The highest BCUT2D eigenvalue weighted by Crippen LogP contribution is 2.53. The second kappa shape index (κ2) is 14.0. The number of amides is 1. The van der Waals surface area contributed by atoms with Crippen molar-refractivity contribution in [2.45, 2.75) is 82.8 Å². The van der Waals surface area contributed by atoms with Crippen LogP contribution in [-0.2, 0) is 26.2 Å². The Kier molecular flexibility index (Phi) is 9.92. The van der Waals surface area contributed by atoms with Crippen molar-refractivity contribution in [3.05, 3.63) is 75.9 Å². The van der Waals surface area contributed by atoms with E-state index in [1.165, 1.54) is 12.3 Å². The van der Waals surface area contributed by atoms with E-state index in [0.717, 1.165) is 24.8 Å². The Morgan fingerprint density at radius 2 is 1.92 bits per heavy atom. The van der Waals surface area contributed by atoms with Gasteiger partial charge in [0.15, 0.2) is 24.0 Å². The van der Waals surface area contributed by atoms with Crippen molar-refractivity contribution < 1.29 is 42.1 Å². The van der Waals surface area contributed by atoms with Gasteiger partial charge < -0.3 is 28.6 Å². The molecule has 6 rings (SSSR count). The number of carbonyl (C=O) groups is 2. The third kappa shape index (κ3) is 6.73. The topological polar surface area (TPSA) is 96.4 Å². The lowest BCUT2D eigenvalue weighted by molar-refractivity contribution is -0.165. The van der Waals surface area contributed by atoms with Crippen molar-refractivity contribution in [3.63, 3.8) is 0 Å². The third-order valence-corrected chi connectivity index (χ3v) is 9.23. The predicted molar refractivity (Wildman–Crippen MR) is 173 cm³/mol. The molecule has 0 aliphatic carbocycles. The van der Waals surface area contributed by atoms with Gasteiger partial charge >= 0.3 is 6.09 Å². The molecule has 9 nitrogen and oxygen atoms in total. The van der Waals surface area contributed by atoms with Crippen LogP contribution < -0.4 is 9.47 Å². The summed E-state index contributed by atoms with van der Waals surface area (Å²) in [6, 6.07) is 9.98. The Bertz CT molecular complexity index is 1660. The molecule has 1 amide bonds. The minimum atomic E-state index is -1.20. The molecule has 3 aliphatic rings. The van der Waals surface area contributed by atoms with Gasteiger partial charge in [0.25, 0.3) is 5.88 Å². The standard InChI is InChI=1S/C36H39ClF2N2O7/c1-35(2,3)48-34(43)41-14-9-12-27(41)36(23-10-5-4-6-11-23)19-24-26(47-36)18-25(38)31(37)30(24)29-22(21-42)20-40-33(32(29)39)46-17-16-45-28-13-7-8-15-44-28/h4-6,10-11,18,20-21,27-28H,7-9,12-17,19H2,1-3H3/t27-,28?,36-/m0/s1. The van der Waals surface area contributed by atoms with Crippen molar-refractivity contribution in [2.24, 2.45) is 0 Å². The lowest BCUT2D eigenvalue weighted by Crippen LogP contribution is -2.53. The Morgan fingerprint density at radius 3 is 2.62 bits per heavy atom. The molecule has 4 heterocycles. The maximum absolute atomic E-state index is 16.4. The zero-order valence-electron chi connectivity index (χ0n) is 27.2. The van der Waals surface area contributed by atoms with Gasteiger partial charge in [-0.05, 0) is 58.4 Å². The number of pyridine rings is 1. The van der Waals surface area contributed by atoms with E-state index in [9.17, 15) is 9.59 Å². The highest BCUT2D eigenvalue weighted by atomic mass is 35.5. The average molecular weight is 685 g/mol. The minimum Gasteiger partial charge on any atom is -0.480 e. The highest BCUT2D eigenvalue weighted by molar-refractivity contribution is 6.34. The second-order valence-corrected chi connectivity index (χ2v) is 13.6. The molecule has 0 N–H and O–H groups in total. The van der Waals surface area contributed by atoms with Crippen molar-refractivity contribution in [1.82, 2.24) is 9.88 Å². The number of likely N-dealkylation sites (tertiary alicyclic amines) is 1. The van der Waals surface area contributed by atoms with Crippen molar-refractivity contribution in [3.8, 4) is 22.8 Å². The molecule has 1 aromatic heterocycles. The molecule has 0 radical (unpaired) electrons. The monoisotopic (exact) mass is 684 g/mol. The highest BCUT2D eigenvalue weighted by Gasteiger charge is 2.54. The number of rotatable bonds is 9. The van der Waals surface area contributed by atoms with Gasteiger partial charge in [-0.3, -0.25) is 4.79 Å². The second-order valence-electron chi connectivity index (χ2n) is 13.2. The summed E-state index contributed by atoms with van der Waals surface area (Å²) in [6.45, 7) is 6.52. The Labute approximate surface area is 283 Å². The van der Waals surface area contributed by atoms with Crippen LogP contribution >= 0.6 is 11.6 Å². The maximum atomic E-state index is 16.4. The largest absolute Gasteiger partial charge is 0.480 e. The fourth-order valence-electron chi connectivity index (χ4n) is 6.80. The number of benzene rings is 2. The SMILES string of the molecule is CC(C)(C)OC(=O)N1CCC[C@H]1[C@@]1(c2ccccc2)Cc2c(cc(F)c(Cl)c2-c2c(C=O)cnc(OCCOC3CCCCO3)c2F)O1. The van der Waals surface area contributed by atoms with Crippen LogP contribution in [0.15, 0.2) is 42.6 Å². The number of carbonyl (C=O) groups excluding carboxylic acids is 2. The van der Waals surface area contributed by atoms with Gasteiger partial charge in [-0.15, -0.1) is 0 Å². The molecule has 0 spiro atoms. The van der Waals surface area contributed by atoms with E-state index >= 15 is 8.78 Å². The van der Waals surface area contributed by atoms with Crippen molar-refractivity contribution in [2.75, 3.05) is 26.4 Å². The quantitative estimate of drug-likeness (QED) is 0.168. The number of aromatic nitrogens is 1. The van der Waals surface area contributed by atoms with Gasteiger partial charge in [-0.1, -0.05) is 41.9 Å². The van der Waals surface area contributed by atoms with Crippen molar-refractivity contribution in [1.29, 1.82) is 0 Å². The van der Waals surface area contributed by atoms with E-state index in [1.807, 2.05) is 30.3 Å². The predicted octanol–water partition coefficient (Wildman–Crippen LogP) is 7.64. The summed E-state index contributed by atoms with van der Waals surface area (Å²) in [5.41, 5.74) is -1.24. The lowest BCUT2D eigenvalue weighted by atomic mass is 9.80. The third-order valence-electron chi connectivity index (χ3n) is 8.86. The van der Waals surface area contributed by atoms with Crippen LogP contribution in [0.25, 0.3) is 11.1 Å². The smallest absolute Gasteiger partial charge is 0.410 e. The number of ether oxygens (including phenoxy) is 5. The van der Waals surface area contributed by atoms with Crippen LogP contribution in [0.3, 0.4) is 0 Å². The molecular weight excluding hydrogens is 646 g/mol. The maximum Gasteiger partial charge on any atom is 0.410 e. The summed E-state index contributed by atoms with van der Waals surface area (Å²) in [5.74, 6) is -2.10. The number of nitrogens with zero attached hydrogens (tertiary/aromatic N) is 2.